The Morgan fingerprint density at radius 1 is 1.37 bits per heavy atom. The zero-order valence-corrected chi connectivity index (χ0v) is 16.1. The van der Waals surface area contributed by atoms with E-state index in [0.717, 1.165) is 10.2 Å². The van der Waals surface area contributed by atoms with Gasteiger partial charge in [-0.3, -0.25) is 9.59 Å². The van der Waals surface area contributed by atoms with E-state index in [1.165, 1.54) is 18.3 Å². The van der Waals surface area contributed by atoms with Crippen LogP contribution < -0.4 is 10.1 Å². The van der Waals surface area contributed by atoms with Crippen molar-refractivity contribution in [1.82, 2.24) is 9.72 Å². The van der Waals surface area contributed by atoms with Crippen LogP contribution in [0.4, 0.5) is 5.69 Å². The molecule has 3 aromatic rings. The van der Waals surface area contributed by atoms with Gasteiger partial charge in [-0.1, -0.05) is 16.5 Å². The van der Waals surface area contributed by atoms with Crippen molar-refractivity contribution in [2.24, 2.45) is 4.99 Å². The Morgan fingerprint density at radius 3 is 2.85 bits per heavy atom. The van der Waals surface area contributed by atoms with Gasteiger partial charge in [0.25, 0.3) is 0 Å². The van der Waals surface area contributed by atoms with E-state index in [2.05, 4.69) is 15.5 Å². The van der Waals surface area contributed by atoms with Crippen molar-refractivity contribution < 1.29 is 18.8 Å². The largest absolute Gasteiger partial charge is 0.380 e. The van der Waals surface area contributed by atoms with Gasteiger partial charge in [0.05, 0.1) is 22.5 Å². The normalized spacial score (nSPS) is 11.9. The number of nitrogens with one attached hydrogen (secondary N) is 1. The van der Waals surface area contributed by atoms with E-state index >= 15 is 0 Å². The third kappa shape index (κ3) is 4.50. The predicted molar refractivity (Wildman–Crippen MR) is 102 cm³/mol. The van der Waals surface area contributed by atoms with Crippen LogP contribution in [0.15, 0.2) is 33.8 Å². The summed E-state index contributed by atoms with van der Waals surface area (Å²) in [6, 6.07) is 7.13. The lowest BCUT2D eigenvalue weighted by molar-refractivity contribution is -0.114. The number of hydrogen-bond acceptors (Lipinski definition) is 6. The van der Waals surface area contributed by atoms with Gasteiger partial charge in [-0.25, -0.2) is 0 Å². The van der Waals surface area contributed by atoms with Crippen molar-refractivity contribution in [3.63, 3.8) is 0 Å². The SMILES string of the molecule is CCOCCn1c(=NC(=O)c2cc(C)no2)sc2cc(NC(C)=O)ccc21. The van der Waals surface area contributed by atoms with Crippen LogP contribution in [-0.2, 0) is 16.1 Å². The number of amides is 2. The molecular formula is C18H20N4O4S. The number of anilines is 1. The first-order chi connectivity index (χ1) is 13.0. The van der Waals surface area contributed by atoms with Crippen molar-refractivity contribution >= 4 is 39.1 Å². The molecule has 2 amide bonds. The van der Waals surface area contributed by atoms with Gasteiger partial charge < -0.3 is 19.1 Å². The van der Waals surface area contributed by atoms with Crippen LogP contribution in [0.3, 0.4) is 0 Å². The van der Waals surface area contributed by atoms with Crippen LogP contribution in [0, 0.1) is 6.92 Å². The number of carbonyl (C=O) groups is 2. The second kappa shape index (κ2) is 8.28. The summed E-state index contributed by atoms with van der Waals surface area (Å²) in [6.07, 6.45) is 0. The van der Waals surface area contributed by atoms with Crippen LogP contribution >= 0.6 is 11.3 Å². The zero-order chi connectivity index (χ0) is 19.4. The van der Waals surface area contributed by atoms with Gasteiger partial charge >= 0.3 is 5.91 Å². The molecule has 2 aromatic heterocycles. The average Bonchev–Trinajstić information content (AvgIpc) is 3.18. The van der Waals surface area contributed by atoms with Gasteiger partial charge in [-0.05, 0) is 32.0 Å². The molecule has 0 unspecified atom stereocenters. The number of aryl methyl sites for hydroxylation is 1. The molecule has 0 radical (unpaired) electrons. The number of fused-ring (bicyclic) bond motifs is 1. The Balaban J connectivity index is 2.05. The minimum absolute atomic E-state index is 0.0975. The molecule has 0 spiro atoms. The molecule has 0 aliphatic heterocycles. The maximum absolute atomic E-state index is 12.4. The quantitative estimate of drug-likeness (QED) is 0.655. The Morgan fingerprint density at radius 2 is 2.19 bits per heavy atom. The van der Waals surface area contributed by atoms with Crippen molar-refractivity contribution in [2.45, 2.75) is 27.3 Å². The van der Waals surface area contributed by atoms with Crippen LogP contribution in [0.1, 0.15) is 30.1 Å². The Kier molecular flexibility index (Phi) is 5.82. The number of aromatic nitrogens is 2. The highest BCUT2D eigenvalue weighted by atomic mass is 32.1. The predicted octanol–water partition coefficient (Wildman–Crippen LogP) is 2.74. The molecule has 3 rings (SSSR count). The summed E-state index contributed by atoms with van der Waals surface area (Å²) in [4.78, 5) is 28.4. The van der Waals surface area contributed by atoms with Crippen molar-refractivity contribution in [3.05, 3.63) is 40.5 Å². The van der Waals surface area contributed by atoms with Crippen LogP contribution in [0.2, 0.25) is 0 Å². The molecule has 142 valence electrons. The summed E-state index contributed by atoms with van der Waals surface area (Å²) in [5, 5.41) is 6.49. The fourth-order valence-electron chi connectivity index (χ4n) is 2.56. The van der Waals surface area contributed by atoms with Crippen molar-refractivity contribution in [3.8, 4) is 0 Å². The molecule has 2 heterocycles. The number of hydrogen-bond donors (Lipinski definition) is 1. The third-order valence-electron chi connectivity index (χ3n) is 3.70. The maximum Gasteiger partial charge on any atom is 0.318 e. The molecule has 0 saturated heterocycles. The van der Waals surface area contributed by atoms with Crippen LogP contribution in [-0.4, -0.2) is 34.8 Å². The summed E-state index contributed by atoms with van der Waals surface area (Å²) in [7, 11) is 0. The molecule has 8 nitrogen and oxygen atoms in total. The smallest absolute Gasteiger partial charge is 0.318 e. The van der Waals surface area contributed by atoms with E-state index in [9.17, 15) is 9.59 Å². The number of nitrogens with zero attached hydrogens (tertiary/aromatic N) is 3. The lowest BCUT2D eigenvalue weighted by Crippen LogP contribution is -2.19. The summed E-state index contributed by atoms with van der Waals surface area (Å²) in [6.45, 7) is 6.79. The summed E-state index contributed by atoms with van der Waals surface area (Å²) in [5.41, 5.74) is 2.22. The van der Waals surface area contributed by atoms with Crippen LogP contribution in [0.5, 0.6) is 0 Å². The van der Waals surface area contributed by atoms with E-state index in [0.29, 0.717) is 35.9 Å². The number of ether oxygens (including phenoxy) is 1. The highest BCUT2D eigenvalue weighted by Gasteiger charge is 2.13. The van der Waals surface area contributed by atoms with Gasteiger partial charge in [0.1, 0.15) is 0 Å². The molecule has 0 saturated carbocycles. The minimum Gasteiger partial charge on any atom is -0.380 e. The topological polar surface area (TPSA) is 98.7 Å². The number of carbonyl (C=O) groups excluding carboxylic acids is 2. The third-order valence-corrected chi connectivity index (χ3v) is 4.74. The molecule has 1 N–H and O–H groups in total. The zero-order valence-electron chi connectivity index (χ0n) is 15.3. The van der Waals surface area contributed by atoms with Crippen LogP contribution in [0.25, 0.3) is 10.2 Å². The number of benzene rings is 1. The van der Waals surface area contributed by atoms with Gasteiger partial charge in [0.15, 0.2) is 4.80 Å². The van der Waals surface area contributed by atoms with Crippen molar-refractivity contribution in [2.75, 3.05) is 18.5 Å². The summed E-state index contributed by atoms with van der Waals surface area (Å²) >= 11 is 1.36. The van der Waals surface area contributed by atoms with E-state index in [4.69, 9.17) is 9.26 Å². The van der Waals surface area contributed by atoms with E-state index in [1.54, 1.807) is 13.0 Å². The fourth-order valence-corrected chi connectivity index (χ4v) is 3.66. The standard InChI is InChI=1S/C18H20N4O4S/c1-4-25-8-7-22-14-6-5-13(19-12(3)23)10-16(14)27-18(22)20-17(24)15-9-11(2)21-26-15/h5-6,9-10H,4,7-8H2,1-3H3,(H,19,23). The molecule has 0 aliphatic rings. The van der Waals surface area contributed by atoms with Gasteiger partial charge in [-0.2, -0.15) is 4.99 Å². The summed E-state index contributed by atoms with van der Waals surface area (Å²) < 4.78 is 13.3. The van der Waals surface area contributed by atoms with E-state index < -0.39 is 5.91 Å². The molecule has 1 aromatic carbocycles. The molecule has 0 fully saturated rings. The molecule has 27 heavy (non-hydrogen) atoms. The van der Waals surface area contributed by atoms with E-state index in [1.807, 2.05) is 29.7 Å². The summed E-state index contributed by atoms with van der Waals surface area (Å²) in [5.74, 6) is -0.537. The monoisotopic (exact) mass is 388 g/mol. The fraction of sp³-hybridized carbons (Fsp3) is 0.333. The number of thiazole rings is 1. The van der Waals surface area contributed by atoms with Gasteiger partial charge in [-0.15, -0.1) is 0 Å². The van der Waals surface area contributed by atoms with Gasteiger partial charge in [0.2, 0.25) is 11.7 Å². The highest BCUT2D eigenvalue weighted by molar-refractivity contribution is 7.16. The molecule has 0 atom stereocenters. The first kappa shape index (κ1) is 19.0. The van der Waals surface area contributed by atoms with Gasteiger partial charge in [0, 0.05) is 31.8 Å². The highest BCUT2D eigenvalue weighted by Crippen LogP contribution is 2.22. The lowest BCUT2D eigenvalue weighted by atomic mass is 10.3. The Bertz CT molecular complexity index is 1050. The Hall–Kier alpha value is -2.78. The minimum atomic E-state index is -0.491. The van der Waals surface area contributed by atoms with Crippen molar-refractivity contribution in [1.29, 1.82) is 0 Å². The molecule has 0 bridgehead atoms. The Labute approximate surface area is 159 Å². The average molecular weight is 388 g/mol. The number of rotatable bonds is 6. The molecular weight excluding hydrogens is 368 g/mol. The maximum atomic E-state index is 12.4. The lowest BCUT2D eigenvalue weighted by Gasteiger charge is -2.06. The first-order valence-corrected chi connectivity index (χ1v) is 9.30. The molecule has 9 heteroatoms. The van der Waals surface area contributed by atoms with E-state index in [-0.39, 0.29) is 11.7 Å². The molecule has 0 aliphatic carbocycles. The first-order valence-electron chi connectivity index (χ1n) is 8.49. The second-order valence-corrected chi connectivity index (χ2v) is 6.86. The second-order valence-electron chi connectivity index (χ2n) is 5.85.